The highest BCUT2D eigenvalue weighted by Crippen LogP contribution is 2.28. The predicted octanol–water partition coefficient (Wildman–Crippen LogP) is 2.64. The molecule has 2 rings (SSSR count). The summed E-state index contributed by atoms with van der Waals surface area (Å²) in [6.07, 6.45) is 3.89. The Morgan fingerprint density at radius 1 is 1.23 bits per heavy atom. The molecule has 0 unspecified atom stereocenters. The fourth-order valence-corrected chi connectivity index (χ4v) is 2.99. The van der Waals surface area contributed by atoms with E-state index in [9.17, 15) is 9.90 Å². The number of hydrogen-bond acceptors (Lipinski definition) is 3. The number of rotatable bonds is 5. The third-order valence-corrected chi connectivity index (χ3v) is 4.82. The number of carbonyl (C=O) groups excluding carboxylic acids is 1. The van der Waals surface area contributed by atoms with Gasteiger partial charge in [0.2, 0.25) is 5.91 Å². The normalized spacial score (nSPS) is 22.2. The van der Waals surface area contributed by atoms with E-state index in [0.717, 1.165) is 37.0 Å². The van der Waals surface area contributed by atoms with Crippen molar-refractivity contribution in [3.8, 4) is 5.75 Å². The van der Waals surface area contributed by atoms with Crippen molar-refractivity contribution in [2.45, 2.75) is 51.0 Å². The summed E-state index contributed by atoms with van der Waals surface area (Å²) in [5.74, 6) is 1.26. The van der Waals surface area contributed by atoms with E-state index in [1.807, 2.05) is 38.1 Å². The molecule has 1 amide bonds. The molecule has 0 heterocycles. The summed E-state index contributed by atoms with van der Waals surface area (Å²) in [4.78, 5) is 12.6. The maximum atomic E-state index is 12.6. The molecule has 1 aromatic rings. The molecular formula is C18H27NO3. The van der Waals surface area contributed by atoms with Gasteiger partial charge in [0.05, 0.1) is 12.5 Å². The van der Waals surface area contributed by atoms with Crippen molar-refractivity contribution < 1.29 is 14.6 Å². The van der Waals surface area contributed by atoms with Crippen LogP contribution in [0.5, 0.6) is 5.75 Å². The van der Waals surface area contributed by atoms with E-state index in [0.29, 0.717) is 5.92 Å². The summed E-state index contributed by atoms with van der Waals surface area (Å²) in [6, 6.07) is 7.89. The molecule has 122 valence electrons. The first-order valence-corrected chi connectivity index (χ1v) is 8.03. The van der Waals surface area contributed by atoms with Crippen LogP contribution in [-0.4, -0.2) is 30.8 Å². The molecule has 0 atom stereocenters. The van der Waals surface area contributed by atoms with Crippen LogP contribution in [0.1, 0.15) is 45.1 Å². The zero-order valence-electron chi connectivity index (χ0n) is 13.8. The molecule has 1 fully saturated rings. The molecule has 1 aliphatic rings. The molecule has 0 bridgehead atoms. The molecule has 2 N–H and O–H groups in total. The summed E-state index contributed by atoms with van der Waals surface area (Å²) in [5.41, 5.74) is 0.412. The van der Waals surface area contributed by atoms with Gasteiger partial charge < -0.3 is 15.2 Å². The maximum absolute atomic E-state index is 12.6. The number of amides is 1. The van der Waals surface area contributed by atoms with Gasteiger partial charge >= 0.3 is 0 Å². The highest BCUT2D eigenvalue weighted by Gasteiger charge is 2.32. The Hall–Kier alpha value is -1.55. The standard InChI is InChI=1S/C18H27NO3/c1-18(2,14-6-10-16(22-3)11-7-14)17(21)19-15-8-4-13(12-20)5-9-15/h6-7,10-11,13,15,20H,4-5,8-9,12H2,1-3H3,(H,19,21). The summed E-state index contributed by atoms with van der Waals surface area (Å²) in [5, 5.41) is 12.4. The third kappa shape index (κ3) is 3.80. The van der Waals surface area contributed by atoms with Gasteiger partial charge in [0, 0.05) is 12.6 Å². The second-order valence-electron chi connectivity index (χ2n) is 6.73. The number of methoxy groups -OCH3 is 1. The first-order chi connectivity index (χ1) is 10.5. The SMILES string of the molecule is COc1ccc(C(C)(C)C(=O)NC2CCC(CO)CC2)cc1. The molecule has 22 heavy (non-hydrogen) atoms. The predicted molar refractivity (Wildman–Crippen MR) is 87.0 cm³/mol. The number of aliphatic hydroxyl groups is 1. The van der Waals surface area contributed by atoms with Crippen LogP contribution < -0.4 is 10.1 Å². The van der Waals surface area contributed by atoms with Crippen molar-refractivity contribution in [1.82, 2.24) is 5.32 Å². The minimum absolute atomic E-state index is 0.0603. The van der Waals surface area contributed by atoms with Crippen molar-refractivity contribution in [1.29, 1.82) is 0 Å². The molecule has 0 spiro atoms. The number of benzene rings is 1. The minimum Gasteiger partial charge on any atom is -0.497 e. The van der Waals surface area contributed by atoms with Gasteiger partial charge in [-0.2, -0.15) is 0 Å². The minimum atomic E-state index is -0.569. The Balaban J connectivity index is 1.97. The molecule has 1 saturated carbocycles. The van der Waals surface area contributed by atoms with Gasteiger partial charge in [0.1, 0.15) is 5.75 Å². The molecule has 0 saturated heterocycles. The van der Waals surface area contributed by atoms with Gasteiger partial charge in [-0.15, -0.1) is 0 Å². The van der Waals surface area contributed by atoms with Crippen molar-refractivity contribution in [3.05, 3.63) is 29.8 Å². The lowest BCUT2D eigenvalue weighted by Crippen LogP contribution is -2.46. The smallest absolute Gasteiger partial charge is 0.230 e. The number of hydrogen-bond donors (Lipinski definition) is 2. The molecule has 4 heteroatoms. The lowest BCUT2D eigenvalue weighted by molar-refractivity contribution is -0.126. The van der Waals surface area contributed by atoms with Crippen LogP contribution in [-0.2, 0) is 10.2 Å². The van der Waals surface area contributed by atoms with Gasteiger partial charge in [-0.05, 0) is 63.1 Å². The Bertz CT molecular complexity index is 488. The van der Waals surface area contributed by atoms with Gasteiger partial charge in [-0.3, -0.25) is 4.79 Å². The van der Waals surface area contributed by atoms with E-state index >= 15 is 0 Å². The van der Waals surface area contributed by atoms with Crippen LogP contribution in [0, 0.1) is 5.92 Å². The second kappa shape index (κ2) is 7.14. The molecular weight excluding hydrogens is 278 g/mol. The van der Waals surface area contributed by atoms with E-state index in [4.69, 9.17) is 4.74 Å². The number of ether oxygens (including phenoxy) is 1. The second-order valence-corrected chi connectivity index (χ2v) is 6.73. The summed E-state index contributed by atoms with van der Waals surface area (Å²) in [6.45, 7) is 4.16. The highest BCUT2D eigenvalue weighted by atomic mass is 16.5. The average molecular weight is 305 g/mol. The van der Waals surface area contributed by atoms with E-state index in [2.05, 4.69) is 5.32 Å². The fourth-order valence-electron chi connectivity index (χ4n) is 2.99. The summed E-state index contributed by atoms with van der Waals surface area (Å²) < 4.78 is 5.16. The molecule has 0 radical (unpaired) electrons. The topological polar surface area (TPSA) is 58.6 Å². The molecule has 1 aliphatic carbocycles. The van der Waals surface area contributed by atoms with E-state index in [1.54, 1.807) is 7.11 Å². The van der Waals surface area contributed by atoms with Crippen molar-refractivity contribution in [2.75, 3.05) is 13.7 Å². The molecule has 1 aromatic carbocycles. The van der Waals surface area contributed by atoms with Crippen LogP contribution in [0.25, 0.3) is 0 Å². The molecule has 4 nitrogen and oxygen atoms in total. The number of nitrogens with one attached hydrogen (secondary N) is 1. The first-order valence-electron chi connectivity index (χ1n) is 8.03. The Morgan fingerprint density at radius 2 is 1.82 bits per heavy atom. The van der Waals surface area contributed by atoms with Crippen LogP contribution >= 0.6 is 0 Å². The average Bonchev–Trinajstić information content (AvgIpc) is 2.55. The number of aliphatic hydroxyl groups excluding tert-OH is 1. The molecule has 0 aromatic heterocycles. The molecule has 0 aliphatic heterocycles. The fraction of sp³-hybridized carbons (Fsp3) is 0.611. The monoisotopic (exact) mass is 305 g/mol. The Labute approximate surface area is 132 Å². The van der Waals surface area contributed by atoms with Crippen LogP contribution in [0.3, 0.4) is 0 Å². The van der Waals surface area contributed by atoms with E-state index in [1.165, 1.54) is 0 Å². The van der Waals surface area contributed by atoms with Crippen molar-refractivity contribution >= 4 is 5.91 Å². The zero-order chi connectivity index (χ0) is 16.2. The quantitative estimate of drug-likeness (QED) is 0.879. The van der Waals surface area contributed by atoms with Crippen LogP contribution in [0.2, 0.25) is 0 Å². The van der Waals surface area contributed by atoms with Crippen LogP contribution in [0.15, 0.2) is 24.3 Å². The highest BCUT2D eigenvalue weighted by molar-refractivity contribution is 5.87. The Morgan fingerprint density at radius 3 is 2.32 bits per heavy atom. The van der Waals surface area contributed by atoms with Crippen molar-refractivity contribution in [3.63, 3.8) is 0 Å². The van der Waals surface area contributed by atoms with E-state index in [-0.39, 0.29) is 18.6 Å². The maximum Gasteiger partial charge on any atom is 0.230 e. The van der Waals surface area contributed by atoms with Gasteiger partial charge in [0.25, 0.3) is 0 Å². The summed E-state index contributed by atoms with van der Waals surface area (Å²) >= 11 is 0. The largest absolute Gasteiger partial charge is 0.497 e. The third-order valence-electron chi connectivity index (χ3n) is 4.82. The van der Waals surface area contributed by atoms with Crippen LogP contribution in [0.4, 0.5) is 0 Å². The van der Waals surface area contributed by atoms with Gasteiger partial charge in [-0.25, -0.2) is 0 Å². The number of carbonyl (C=O) groups is 1. The van der Waals surface area contributed by atoms with E-state index < -0.39 is 5.41 Å². The zero-order valence-corrected chi connectivity index (χ0v) is 13.8. The Kier molecular flexibility index (Phi) is 5.46. The summed E-state index contributed by atoms with van der Waals surface area (Å²) in [7, 11) is 1.63. The van der Waals surface area contributed by atoms with Gasteiger partial charge in [-0.1, -0.05) is 12.1 Å². The first kappa shape index (κ1) is 16.8. The lowest BCUT2D eigenvalue weighted by Gasteiger charge is -2.32. The van der Waals surface area contributed by atoms with Gasteiger partial charge in [0.15, 0.2) is 0 Å². The lowest BCUT2D eigenvalue weighted by atomic mass is 9.82. The van der Waals surface area contributed by atoms with Crippen molar-refractivity contribution in [2.24, 2.45) is 5.92 Å².